The molecular weight excluding hydrogens is 229 g/mol. The third-order valence-corrected chi connectivity index (χ3v) is 2.64. The Bertz CT molecular complexity index is 585. The molecule has 0 saturated heterocycles. The first-order valence-corrected chi connectivity index (χ1v) is 5.54. The highest BCUT2D eigenvalue weighted by atomic mass is 19.1. The number of anilines is 1. The number of nitriles is 1. The molecule has 0 radical (unpaired) electrons. The molecule has 2 rings (SSSR count). The highest BCUT2D eigenvalue weighted by molar-refractivity contribution is 5.55. The van der Waals surface area contributed by atoms with E-state index in [-0.39, 0.29) is 5.82 Å². The van der Waals surface area contributed by atoms with Gasteiger partial charge >= 0.3 is 0 Å². The molecule has 0 saturated carbocycles. The number of rotatable bonds is 3. The number of halogens is 1. The van der Waals surface area contributed by atoms with Crippen LogP contribution in [0.2, 0.25) is 0 Å². The average molecular weight is 241 g/mol. The van der Waals surface area contributed by atoms with Crippen LogP contribution in [0.15, 0.2) is 36.5 Å². The van der Waals surface area contributed by atoms with Gasteiger partial charge in [0.25, 0.3) is 0 Å². The van der Waals surface area contributed by atoms with Crippen molar-refractivity contribution >= 4 is 5.82 Å². The Kier molecular flexibility index (Phi) is 3.54. The van der Waals surface area contributed by atoms with Crippen LogP contribution in [0.4, 0.5) is 10.2 Å². The normalized spacial score (nSPS) is 9.83. The van der Waals surface area contributed by atoms with Crippen molar-refractivity contribution < 1.29 is 4.39 Å². The minimum absolute atomic E-state index is 0.259. The molecule has 0 aliphatic heterocycles. The van der Waals surface area contributed by atoms with Gasteiger partial charge in [0.1, 0.15) is 17.7 Å². The lowest BCUT2D eigenvalue weighted by molar-refractivity contribution is 0.627. The van der Waals surface area contributed by atoms with Crippen LogP contribution in [0, 0.1) is 24.1 Å². The van der Waals surface area contributed by atoms with Crippen LogP contribution in [0.1, 0.15) is 16.7 Å². The van der Waals surface area contributed by atoms with E-state index in [0.29, 0.717) is 17.9 Å². The lowest BCUT2D eigenvalue weighted by Crippen LogP contribution is -2.04. The third kappa shape index (κ3) is 2.64. The zero-order valence-electron chi connectivity index (χ0n) is 9.94. The van der Waals surface area contributed by atoms with E-state index in [1.54, 1.807) is 24.4 Å². The summed E-state index contributed by atoms with van der Waals surface area (Å²) in [5, 5.41) is 12.1. The first-order chi connectivity index (χ1) is 8.70. The number of aromatic nitrogens is 1. The molecule has 0 atom stereocenters. The van der Waals surface area contributed by atoms with Crippen LogP contribution in [0.5, 0.6) is 0 Å². The van der Waals surface area contributed by atoms with Gasteiger partial charge in [0.05, 0.1) is 5.56 Å². The van der Waals surface area contributed by atoms with Gasteiger partial charge in [-0.2, -0.15) is 5.26 Å². The van der Waals surface area contributed by atoms with E-state index in [2.05, 4.69) is 16.4 Å². The lowest BCUT2D eigenvalue weighted by Gasteiger charge is -2.08. The minimum atomic E-state index is -0.259. The Morgan fingerprint density at radius 1 is 1.28 bits per heavy atom. The maximum atomic E-state index is 12.7. The molecule has 1 aromatic carbocycles. The van der Waals surface area contributed by atoms with Crippen molar-refractivity contribution in [2.75, 3.05) is 5.32 Å². The Morgan fingerprint density at radius 2 is 2.00 bits per heavy atom. The lowest BCUT2D eigenvalue weighted by atomic mass is 10.1. The predicted molar refractivity (Wildman–Crippen MR) is 67.4 cm³/mol. The van der Waals surface area contributed by atoms with Gasteiger partial charge in [0.2, 0.25) is 0 Å². The van der Waals surface area contributed by atoms with Crippen molar-refractivity contribution in [2.45, 2.75) is 13.5 Å². The molecule has 1 N–H and O–H groups in total. The highest BCUT2D eigenvalue weighted by Crippen LogP contribution is 2.16. The van der Waals surface area contributed by atoms with Crippen LogP contribution in [-0.4, -0.2) is 4.98 Å². The fraction of sp³-hybridized carbons (Fsp3) is 0.143. The Balaban J connectivity index is 2.14. The average Bonchev–Trinajstić information content (AvgIpc) is 2.38. The van der Waals surface area contributed by atoms with Crippen molar-refractivity contribution in [1.82, 2.24) is 4.98 Å². The van der Waals surface area contributed by atoms with Crippen molar-refractivity contribution in [2.24, 2.45) is 0 Å². The highest BCUT2D eigenvalue weighted by Gasteiger charge is 2.05. The molecule has 0 aliphatic rings. The molecular formula is C14H12FN3. The van der Waals surface area contributed by atoms with Gasteiger partial charge in [-0.25, -0.2) is 9.37 Å². The van der Waals surface area contributed by atoms with Crippen LogP contribution < -0.4 is 5.32 Å². The van der Waals surface area contributed by atoms with Crippen LogP contribution in [0.3, 0.4) is 0 Å². The summed E-state index contributed by atoms with van der Waals surface area (Å²) >= 11 is 0. The van der Waals surface area contributed by atoms with E-state index in [0.717, 1.165) is 11.1 Å². The second-order valence-electron chi connectivity index (χ2n) is 3.94. The van der Waals surface area contributed by atoms with Crippen molar-refractivity contribution in [3.05, 3.63) is 59.0 Å². The van der Waals surface area contributed by atoms with Gasteiger partial charge in [-0.05, 0) is 36.2 Å². The fourth-order valence-corrected chi connectivity index (χ4v) is 1.62. The maximum Gasteiger partial charge on any atom is 0.144 e. The Morgan fingerprint density at radius 3 is 2.67 bits per heavy atom. The van der Waals surface area contributed by atoms with Crippen LogP contribution >= 0.6 is 0 Å². The maximum absolute atomic E-state index is 12.7. The topological polar surface area (TPSA) is 48.7 Å². The number of aryl methyl sites for hydroxylation is 1. The van der Waals surface area contributed by atoms with E-state index < -0.39 is 0 Å². The van der Waals surface area contributed by atoms with Crippen LogP contribution in [0.25, 0.3) is 0 Å². The van der Waals surface area contributed by atoms with Gasteiger partial charge in [-0.1, -0.05) is 12.1 Å². The van der Waals surface area contributed by atoms with Gasteiger partial charge in [0.15, 0.2) is 0 Å². The standard InChI is InChI=1S/C14H12FN3/c1-10-6-7-17-14(13(10)8-16)18-9-11-2-4-12(15)5-3-11/h2-7H,9H2,1H3,(H,17,18). The first kappa shape index (κ1) is 12.1. The van der Waals surface area contributed by atoms with E-state index in [1.165, 1.54) is 12.1 Å². The minimum Gasteiger partial charge on any atom is -0.365 e. The zero-order chi connectivity index (χ0) is 13.0. The van der Waals surface area contributed by atoms with Gasteiger partial charge in [-0.3, -0.25) is 0 Å². The van der Waals surface area contributed by atoms with E-state index in [9.17, 15) is 4.39 Å². The largest absolute Gasteiger partial charge is 0.365 e. The monoisotopic (exact) mass is 241 g/mol. The number of hydrogen-bond acceptors (Lipinski definition) is 3. The summed E-state index contributed by atoms with van der Waals surface area (Å²) in [5.74, 6) is 0.298. The molecule has 3 nitrogen and oxygen atoms in total. The molecule has 1 aromatic heterocycles. The molecule has 0 aliphatic carbocycles. The predicted octanol–water partition coefficient (Wildman–Crippen LogP) is 3.01. The van der Waals surface area contributed by atoms with E-state index in [4.69, 9.17) is 5.26 Å². The number of nitrogens with one attached hydrogen (secondary N) is 1. The zero-order valence-corrected chi connectivity index (χ0v) is 9.94. The van der Waals surface area contributed by atoms with Gasteiger partial charge in [0, 0.05) is 12.7 Å². The van der Waals surface area contributed by atoms with E-state index >= 15 is 0 Å². The number of hydrogen-bond donors (Lipinski definition) is 1. The Labute approximate surface area is 105 Å². The molecule has 4 heteroatoms. The van der Waals surface area contributed by atoms with Gasteiger partial charge < -0.3 is 5.32 Å². The molecule has 0 fully saturated rings. The molecule has 2 aromatic rings. The fourth-order valence-electron chi connectivity index (χ4n) is 1.62. The van der Waals surface area contributed by atoms with E-state index in [1.807, 2.05) is 6.92 Å². The van der Waals surface area contributed by atoms with Gasteiger partial charge in [-0.15, -0.1) is 0 Å². The summed E-state index contributed by atoms with van der Waals surface area (Å²) in [4.78, 5) is 4.14. The molecule has 18 heavy (non-hydrogen) atoms. The number of nitrogens with zero attached hydrogens (tertiary/aromatic N) is 2. The quantitative estimate of drug-likeness (QED) is 0.898. The second kappa shape index (κ2) is 5.28. The molecule has 0 unspecified atom stereocenters. The van der Waals surface area contributed by atoms with Crippen molar-refractivity contribution in [1.29, 1.82) is 5.26 Å². The molecule has 1 heterocycles. The summed E-state index contributed by atoms with van der Waals surface area (Å²) in [5.41, 5.74) is 2.36. The summed E-state index contributed by atoms with van der Waals surface area (Å²) in [6.07, 6.45) is 1.66. The number of pyridine rings is 1. The number of benzene rings is 1. The summed E-state index contributed by atoms with van der Waals surface area (Å²) < 4.78 is 12.7. The first-order valence-electron chi connectivity index (χ1n) is 5.54. The molecule has 0 bridgehead atoms. The summed E-state index contributed by atoms with van der Waals surface area (Å²) in [6, 6.07) is 10.1. The Hall–Kier alpha value is -2.41. The third-order valence-electron chi connectivity index (χ3n) is 2.64. The smallest absolute Gasteiger partial charge is 0.144 e. The molecule has 0 amide bonds. The van der Waals surface area contributed by atoms with Crippen molar-refractivity contribution in [3.8, 4) is 6.07 Å². The molecule has 90 valence electrons. The summed E-state index contributed by atoms with van der Waals surface area (Å²) in [6.45, 7) is 2.37. The second-order valence-corrected chi connectivity index (χ2v) is 3.94. The van der Waals surface area contributed by atoms with Crippen LogP contribution in [-0.2, 0) is 6.54 Å². The molecule has 0 spiro atoms. The summed E-state index contributed by atoms with van der Waals surface area (Å²) in [7, 11) is 0. The SMILES string of the molecule is Cc1ccnc(NCc2ccc(F)cc2)c1C#N. The van der Waals surface area contributed by atoms with Crippen molar-refractivity contribution in [3.63, 3.8) is 0 Å².